The van der Waals surface area contributed by atoms with E-state index in [1.54, 1.807) is 30.4 Å². The molecule has 0 amide bonds. The van der Waals surface area contributed by atoms with Crippen LogP contribution in [0.2, 0.25) is 0 Å². The first-order valence-electron chi connectivity index (χ1n) is 23.6. The average Bonchev–Trinajstić information content (AvgIpc) is 3.24. The van der Waals surface area contributed by atoms with Crippen molar-refractivity contribution < 1.29 is 47.8 Å². The van der Waals surface area contributed by atoms with E-state index in [0.29, 0.717) is 32.1 Å². The summed E-state index contributed by atoms with van der Waals surface area (Å²) in [5.41, 5.74) is 5.34. The van der Waals surface area contributed by atoms with Crippen molar-refractivity contribution in [2.45, 2.75) is 199 Å². The maximum atomic E-state index is 12.6. The Kier molecular flexibility index (Phi) is 42.1. The highest BCUT2D eigenvalue weighted by Gasteiger charge is 2.26. The first-order valence-corrected chi connectivity index (χ1v) is 25.1. The largest absolute Gasteiger partial charge is 0.472 e. The van der Waals surface area contributed by atoms with Crippen molar-refractivity contribution in [1.82, 2.24) is 0 Å². The van der Waals surface area contributed by atoms with E-state index in [0.717, 1.165) is 25.7 Å². The summed E-state index contributed by atoms with van der Waals surface area (Å²) in [7, 11) is -4.44. The van der Waals surface area contributed by atoms with Crippen LogP contribution in [-0.4, -0.2) is 71.7 Å². The third kappa shape index (κ3) is 43.8. The van der Waals surface area contributed by atoms with Crippen molar-refractivity contribution in [2.24, 2.45) is 5.73 Å². The third-order valence-corrected chi connectivity index (χ3v) is 10.8. The Morgan fingerprint density at radius 3 is 1.70 bits per heavy atom. The zero-order chi connectivity index (χ0) is 44.9. The fourth-order valence-electron chi connectivity index (χ4n) is 6.26. The molecule has 11 nitrogen and oxygen atoms in total. The van der Waals surface area contributed by atoms with Gasteiger partial charge in [0.05, 0.1) is 25.4 Å². The lowest BCUT2D eigenvalue weighted by molar-refractivity contribution is -0.161. The average molecular weight is 880 g/mol. The summed E-state index contributed by atoms with van der Waals surface area (Å²) < 4.78 is 32.7. The number of carbonyl (C=O) groups is 2. The molecule has 0 aromatic heterocycles. The number of hydrogen-bond donors (Lipinski definition) is 4. The molecule has 0 radical (unpaired) electrons. The molecule has 12 heteroatoms. The van der Waals surface area contributed by atoms with Crippen LogP contribution in [0.5, 0.6) is 0 Å². The molecule has 61 heavy (non-hydrogen) atoms. The molecule has 4 atom stereocenters. The van der Waals surface area contributed by atoms with Gasteiger partial charge in [-0.15, -0.1) is 0 Å². The maximum absolute atomic E-state index is 12.6. The van der Waals surface area contributed by atoms with E-state index in [1.807, 2.05) is 42.5 Å². The van der Waals surface area contributed by atoms with Crippen LogP contribution in [0.3, 0.4) is 0 Å². The quantitative estimate of drug-likeness (QED) is 0.0151. The van der Waals surface area contributed by atoms with Crippen LogP contribution in [-0.2, 0) is 32.7 Å². The van der Waals surface area contributed by atoms with Crippen molar-refractivity contribution in [3.63, 3.8) is 0 Å². The topological polar surface area (TPSA) is 175 Å². The molecule has 0 fully saturated rings. The number of hydrogen-bond acceptors (Lipinski definition) is 10. The Labute approximate surface area is 370 Å². The molecule has 0 aliphatic carbocycles. The second-order valence-electron chi connectivity index (χ2n) is 15.7. The molecule has 5 N–H and O–H groups in total. The molecular weight excluding hydrogens is 794 g/mol. The van der Waals surface area contributed by atoms with Crippen molar-refractivity contribution in [1.29, 1.82) is 0 Å². The summed E-state index contributed by atoms with van der Waals surface area (Å²) >= 11 is 0. The number of phosphoric ester groups is 1. The van der Waals surface area contributed by atoms with Crippen LogP contribution in [0, 0.1) is 0 Å². The molecule has 352 valence electrons. The van der Waals surface area contributed by atoms with E-state index in [2.05, 4.69) is 13.8 Å². The zero-order valence-electron chi connectivity index (χ0n) is 38.1. The number of unbranched alkanes of at least 4 members (excludes halogenated alkanes) is 19. The lowest BCUT2D eigenvalue weighted by Crippen LogP contribution is -2.29. The monoisotopic (exact) mass is 880 g/mol. The first-order chi connectivity index (χ1) is 29.6. The van der Waals surface area contributed by atoms with Crippen molar-refractivity contribution in [3.05, 3.63) is 72.9 Å². The second-order valence-corrected chi connectivity index (χ2v) is 17.1. The summed E-state index contributed by atoms with van der Waals surface area (Å²) in [6, 6.07) is 0. The number of aliphatic hydroxyl groups excluding tert-OH is 2. The molecule has 0 saturated carbocycles. The molecule has 0 aromatic rings. The smallest absolute Gasteiger partial charge is 0.462 e. The summed E-state index contributed by atoms with van der Waals surface area (Å²) in [5, 5.41) is 20.0. The summed E-state index contributed by atoms with van der Waals surface area (Å²) in [5.74, 6) is -1.01. The molecule has 0 bridgehead atoms. The predicted molar refractivity (Wildman–Crippen MR) is 250 cm³/mol. The van der Waals surface area contributed by atoms with Gasteiger partial charge in [-0.1, -0.05) is 202 Å². The van der Waals surface area contributed by atoms with Gasteiger partial charge in [-0.3, -0.25) is 18.6 Å². The molecule has 0 rings (SSSR count). The number of aliphatic hydroxyl groups is 2. The third-order valence-electron chi connectivity index (χ3n) is 9.78. The van der Waals surface area contributed by atoms with Crippen molar-refractivity contribution in [2.75, 3.05) is 26.4 Å². The van der Waals surface area contributed by atoms with Gasteiger partial charge in [0.15, 0.2) is 6.10 Å². The maximum Gasteiger partial charge on any atom is 0.472 e. The number of rotatable bonds is 43. The summed E-state index contributed by atoms with van der Waals surface area (Å²) in [4.78, 5) is 35.0. The van der Waals surface area contributed by atoms with Crippen LogP contribution in [0.25, 0.3) is 0 Å². The van der Waals surface area contributed by atoms with E-state index in [1.165, 1.54) is 96.3 Å². The van der Waals surface area contributed by atoms with Gasteiger partial charge < -0.3 is 30.3 Å². The molecule has 1 unspecified atom stereocenters. The molecule has 0 heterocycles. The van der Waals surface area contributed by atoms with E-state index >= 15 is 0 Å². The second kappa shape index (κ2) is 44.0. The molecule has 0 aromatic carbocycles. The predicted octanol–water partition coefficient (Wildman–Crippen LogP) is 11.8. The Hall–Kier alpha value is -2.63. The van der Waals surface area contributed by atoms with Gasteiger partial charge in [-0.25, -0.2) is 4.57 Å². The lowest BCUT2D eigenvalue weighted by atomic mass is 10.0. The highest BCUT2D eigenvalue weighted by molar-refractivity contribution is 7.47. The normalized spacial score (nSPS) is 14.9. The lowest BCUT2D eigenvalue weighted by Gasteiger charge is -2.19. The van der Waals surface area contributed by atoms with Gasteiger partial charge in [-0.2, -0.15) is 0 Å². The number of carbonyl (C=O) groups excluding carboxylic acids is 2. The van der Waals surface area contributed by atoms with Gasteiger partial charge in [0, 0.05) is 19.4 Å². The first kappa shape index (κ1) is 58.4. The highest BCUT2D eigenvalue weighted by Crippen LogP contribution is 2.43. The fraction of sp³-hybridized carbons (Fsp3) is 0.714. The van der Waals surface area contributed by atoms with Gasteiger partial charge >= 0.3 is 19.8 Å². The Bertz CT molecular complexity index is 1260. The number of ether oxygens (including phenoxy) is 2. The summed E-state index contributed by atoms with van der Waals surface area (Å²) in [6.45, 7) is 3.33. The van der Waals surface area contributed by atoms with Crippen LogP contribution >= 0.6 is 7.82 Å². The molecule has 0 aliphatic rings. The summed E-state index contributed by atoms with van der Waals surface area (Å²) in [6.07, 6.45) is 47.2. The van der Waals surface area contributed by atoms with Crippen LogP contribution < -0.4 is 5.73 Å². The molecular formula is C49H86NO10P. The number of esters is 2. The standard InChI is InChI=1S/C49H86NO10P/c1-3-5-7-8-9-10-11-12-13-14-15-16-17-18-19-20-24-27-33-39-48(53)57-43-47(44-59-61(55,56)58-42-41-50)60-49(54)40-34-28-32-38-46(52)37-31-26-23-21-22-25-30-36-45(51)35-29-6-4-2/h6,22-23,25-26,29-32,36-38,45-47,51-52H,3-5,7-21,24,27-28,33-35,39-44,50H2,1-2H3,(H,55,56)/b25-22-,26-23-,29-6-,36-30+,37-31+,38-32-/t45-,46-,47+/m0/s1. The molecule has 0 spiro atoms. The van der Waals surface area contributed by atoms with Gasteiger partial charge in [0.2, 0.25) is 0 Å². The number of allylic oxidation sites excluding steroid dienone is 8. The van der Waals surface area contributed by atoms with E-state index in [-0.39, 0.29) is 32.6 Å². The zero-order valence-corrected chi connectivity index (χ0v) is 39.0. The van der Waals surface area contributed by atoms with Crippen molar-refractivity contribution >= 4 is 19.8 Å². The van der Waals surface area contributed by atoms with Gasteiger partial charge in [0.1, 0.15) is 6.61 Å². The van der Waals surface area contributed by atoms with Gasteiger partial charge in [0.25, 0.3) is 0 Å². The Morgan fingerprint density at radius 1 is 0.607 bits per heavy atom. The molecule has 0 saturated heterocycles. The van der Waals surface area contributed by atoms with E-state index < -0.39 is 44.7 Å². The van der Waals surface area contributed by atoms with E-state index in [4.69, 9.17) is 24.3 Å². The highest BCUT2D eigenvalue weighted by atomic mass is 31.2. The fourth-order valence-corrected chi connectivity index (χ4v) is 7.02. The van der Waals surface area contributed by atoms with Crippen molar-refractivity contribution in [3.8, 4) is 0 Å². The minimum Gasteiger partial charge on any atom is -0.462 e. The Morgan fingerprint density at radius 2 is 1.15 bits per heavy atom. The van der Waals surface area contributed by atoms with Crippen LogP contribution in [0.15, 0.2) is 72.9 Å². The minimum atomic E-state index is -4.44. The number of nitrogens with two attached hydrogens (primary N) is 1. The SMILES string of the molecule is CC/C=C\C[C@H](O)/C=C/C=C\C/C=C\C=C\[C@H](O)/C=C\CCCC(=O)O[C@H](COC(=O)CCCCCCCCCCCCCCCCCCCCC)COP(=O)(O)OCCN. The van der Waals surface area contributed by atoms with Gasteiger partial charge in [-0.05, 0) is 38.5 Å². The molecule has 0 aliphatic heterocycles. The number of phosphoric acid groups is 1. The minimum absolute atomic E-state index is 0.0177. The Balaban J connectivity index is 4.33. The van der Waals surface area contributed by atoms with E-state index in [9.17, 15) is 29.3 Å². The van der Waals surface area contributed by atoms with Crippen LogP contribution in [0.4, 0.5) is 0 Å². The van der Waals surface area contributed by atoms with Crippen LogP contribution in [0.1, 0.15) is 181 Å².